The van der Waals surface area contributed by atoms with Crippen LogP contribution in [0.25, 0.3) is 5.69 Å². The molecule has 1 heterocycles. The molecule has 0 atom stereocenters. The number of nitrogens with zero attached hydrogens (tertiary/aromatic N) is 1. The molecule has 0 saturated carbocycles. The highest BCUT2D eigenvalue weighted by atomic mass is 16.5. The van der Waals surface area contributed by atoms with Gasteiger partial charge in [0, 0.05) is 23.5 Å². The van der Waals surface area contributed by atoms with E-state index in [1.165, 1.54) is 22.9 Å². The quantitative estimate of drug-likeness (QED) is 0.752. The van der Waals surface area contributed by atoms with Crippen molar-refractivity contribution in [2.24, 2.45) is 0 Å². The SMILES string of the molecule is COc1ccc(-n2cc(C=O)ccc2=O)cc1. The molecule has 0 N–H and O–H groups in total. The molecule has 4 nitrogen and oxygen atoms in total. The molecule has 4 heteroatoms. The lowest BCUT2D eigenvalue weighted by molar-refractivity contribution is 0.112. The first kappa shape index (κ1) is 11.1. The number of benzene rings is 1. The minimum Gasteiger partial charge on any atom is -0.497 e. The highest BCUT2D eigenvalue weighted by Gasteiger charge is 2.01. The Morgan fingerprint density at radius 2 is 1.82 bits per heavy atom. The first-order valence-corrected chi connectivity index (χ1v) is 5.07. The van der Waals surface area contributed by atoms with Crippen LogP contribution in [0.4, 0.5) is 0 Å². The summed E-state index contributed by atoms with van der Waals surface area (Å²) in [4.78, 5) is 22.3. The third kappa shape index (κ3) is 2.25. The molecular formula is C13H11NO3. The van der Waals surface area contributed by atoms with E-state index in [-0.39, 0.29) is 5.56 Å². The van der Waals surface area contributed by atoms with Gasteiger partial charge in [0.05, 0.1) is 7.11 Å². The minimum absolute atomic E-state index is 0.180. The van der Waals surface area contributed by atoms with E-state index < -0.39 is 0 Å². The molecule has 0 radical (unpaired) electrons. The fraction of sp³-hybridized carbons (Fsp3) is 0.0769. The summed E-state index contributed by atoms with van der Waals surface area (Å²) in [6.45, 7) is 0. The van der Waals surface area contributed by atoms with Crippen molar-refractivity contribution in [1.82, 2.24) is 4.57 Å². The van der Waals surface area contributed by atoms with Crippen molar-refractivity contribution in [3.05, 3.63) is 58.5 Å². The van der Waals surface area contributed by atoms with Crippen molar-refractivity contribution in [3.63, 3.8) is 0 Å². The average Bonchev–Trinajstić information content (AvgIpc) is 2.39. The molecule has 86 valence electrons. The number of pyridine rings is 1. The molecular weight excluding hydrogens is 218 g/mol. The molecule has 0 unspecified atom stereocenters. The predicted octanol–water partition coefficient (Wildman–Crippen LogP) is 1.66. The second-order valence-corrected chi connectivity index (χ2v) is 3.49. The summed E-state index contributed by atoms with van der Waals surface area (Å²) < 4.78 is 6.46. The van der Waals surface area contributed by atoms with Gasteiger partial charge in [-0.05, 0) is 30.3 Å². The van der Waals surface area contributed by atoms with Crippen LogP contribution in [0.5, 0.6) is 5.75 Å². The van der Waals surface area contributed by atoms with Gasteiger partial charge in [-0.2, -0.15) is 0 Å². The van der Waals surface area contributed by atoms with Crippen LogP contribution in [0.2, 0.25) is 0 Å². The Bertz CT molecular complexity index is 584. The summed E-state index contributed by atoms with van der Waals surface area (Å²) in [5.41, 5.74) is 0.973. The maximum Gasteiger partial charge on any atom is 0.255 e. The van der Waals surface area contributed by atoms with Gasteiger partial charge in [-0.25, -0.2) is 0 Å². The van der Waals surface area contributed by atoms with E-state index in [4.69, 9.17) is 4.74 Å². The lowest BCUT2D eigenvalue weighted by Gasteiger charge is -2.06. The van der Waals surface area contributed by atoms with E-state index in [9.17, 15) is 9.59 Å². The number of aldehydes is 1. The largest absolute Gasteiger partial charge is 0.497 e. The molecule has 0 aliphatic heterocycles. The van der Waals surface area contributed by atoms with E-state index in [2.05, 4.69) is 0 Å². The minimum atomic E-state index is -0.180. The fourth-order valence-corrected chi connectivity index (χ4v) is 1.52. The zero-order chi connectivity index (χ0) is 12.3. The Labute approximate surface area is 98.1 Å². The van der Waals surface area contributed by atoms with Gasteiger partial charge in [0.25, 0.3) is 5.56 Å². The van der Waals surface area contributed by atoms with Gasteiger partial charge in [-0.15, -0.1) is 0 Å². The van der Waals surface area contributed by atoms with Gasteiger partial charge >= 0.3 is 0 Å². The Morgan fingerprint density at radius 3 is 2.41 bits per heavy atom. The van der Waals surface area contributed by atoms with E-state index in [0.717, 1.165) is 0 Å². The number of carbonyl (C=O) groups is 1. The summed E-state index contributed by atoms with van der Waals surface area (Å²) in [6, 6.07) is 9.90. The number of rotatable bonds is 3. The smallest absolute Gasteiger partial charge is 0.255 e. The van der Waals surface area contributed by atoms with Gasteiger partial charge in [0.2, 0.25) is 0 Å². The summed E-state index contributed by atoms with van der Waals surface area (Å²) >= 11 is 0. The summed E-state index contributed by atoms with van der Waals surface area (Å²) in [5, 5.41) is 0. The Hall–Kier alpha value is -2.36. The molecule has 2 aromatic rings. The molecule has 1 aromatic heterocycles. The highest BCUT2D eigenvalue weighted by molar-refractivity contribution is 5.74. The number of aromatic nitrogens is 1. The fourth-order valence-electron chi connectivity index (χ4n) is 1.52. The van der Waals surface area contributed by atoms with Crippen LogP contribution in [0.15, 0.2) is 47.4 Å². The second-order valence-electron chi connectivity index (χ2n) is 3.49. The van der Waals surface area contributed by atoms with Crippen LogP contribution >= 0.6 is 0 Å². The number of hydrogen-bond donors (Lipinski definition) is 0. The van der Waals surface area contributed by atoms with Crippen LogP contribution in [0, 0.1) is 0 Å². The third-order valence-electron chi connectivity index (χ3n) is 2.42. The summed E-state index contributed by atoms with van der Waals surface area (Å²) in [5.74, 6) is 0.716. The van der Waals surface area contributed by atoms with Crippen molar-refractivity contribution in [2.45, 2.75) is 0 Å². The molecule has 0 bridgehead atoms. The van der Waals surface area contributed by atoms with E-state index >= 15 is 0 Å². The monoisotopic (exact) mass is 229 g/mol. The van der Waals surface area contributed by atoms with Crippen molar-refractivity contribution < 1.29 is 9.53 Å². The zero-order valence-corrected chi connectivity index (χ0v) is 9.29. The zero-order valence-electron chi connectivity index (χ0n) is 9.29. The van der Waals surface area contributed by atoms with Gasteiger partial charge in [0.1, 0.15) is 5.75 Å². The Morgan fingerprint density at radius 1 is 1.12 bits per heavy atom. The maximum atomic E-state index is 11.7. The van der Waals surface area contributed by atoms with Crippen LogP contribution in [-0.2, 0) is 0 Å². The standard InChI is InChI=1S/C13H11NO3/c1-17-12-5-3-11(4-6-12)14-8-10(9-15)2-7-13(14)16/h2-9H,1H3. The van der Waals surface area contributed by atoms with E-state index in [1.807, 2.05) is 0 Å². The Balaban J connectivity index is 2.51. The summed E-state index contributed by atoms with van der Waals surface area (Å²) in [6.07, 6.45) is 2.22. The number of carbonyl (C=O) groups excluding carboxylic acids is 1. The topological polar surface area (TPSA) is 48.3 Å². The van der Waals surface area contributed by atoms with Crippen molar-refractivity contribution in [1.29, 1.82) is 0 Å². The van der Waals surface area contributed by atoms with Gasteiger partial charge in [-0.1, -0.05) is 0 Å². The Kier molecular flexibility index (Phi) is 3.05. The van der Waals surface area contributed by atoms with Crippen molar-refractivity contribution >= 4 is 6.29 Å². The number of hydrogen-bond acceptors (Lipinski definition) is 3. The van der Waals surface area contributed by atoms with Crippen LogP contribution in [-0.4, -0.2) is 18.0 Å². The second kappa shape index (κ2) is 4.65. The van der Waals surface area contributed by atoms with Crippen LogP contribution < -0.4 is 10.3 Å². The van der Waals surface area contributed by atoms with E-state index in [0.29, 0.717) is 23.3 Å². The first-order valence-electron chi connectivity index (χ1n) is 5.07. The van der Waals surface area contributed by atoms with Gasteiger partial charge < -0.3 is 4.74 Å². The lowest BCUT2D eigenvalue weighted by atomic mass is 10.2. The van der Waals surface area contributed by atoms with E-state index in [1.54, 1.807) is 31.4 Å². The molecule has 2 rings (SSSR count). The normalized spacial score (nSPS) is 9.94. The average molecular weight is 229 g/mol. The van der Waals surface area contributed by atoms with Crippen LogP contribution in [0.3, 0.4) is 0 Å². The molecule has 0 saturated heterocycles. The first-order chi connectivity index (χ1) is 8.24. The highest BCUT2D eigenvalue weighted by Crippen LogP contribution is 2.13. The number of methoxy groups -OCH3 is 1. The predicted molar refractivity (Wildman–Crippen MR) is 64.0 cm³/mol. The molecule has 0 fully saturated rings. The molecule has 0 aliphatic carbocycles. The van der Waals surface area contributed by atoms with Crippen molar-refractivity contribution in [3.8, 4) is 11.4 Å². The molecule has 1 aromatic carbocycles. The lowest BCUT2D eigenvalue weighted by Crippen LogP contribution is -2.16. The molecule has 0 amide bonds. The maximum absolute atomic E-state index is 11.7. The molecule has 0 aliphatic rings. The van der Waals surface area contributed by atoms with Crippen molar-refractivity contribution in [2.75, 3.05) is 7.11 Å². The molecule has 0 spiro atoms. The van der Waals surface area contributed by atoms with Crippen LogP contribution in [0.1, 0.15) is 10.4 Å². The third-order valence-corrected chi connectivity index (χ3v) is 2.42. The summed E-state index contributed by atoms with van der Waals surface area (Å²) in [7, 11) is 1.58. The van der Waals surface area contributed by atoms with Gasteiger partial charge in [0.15, 0.2) is 6.29 Å². The molecule has 17 heavy (non-hydrogen) atoms. The number of ether oxygens (including phenoxy) is 1. The van der Waals surface area contributed by atoms with Gasteiger partial charge in [-0.3, -0.25) is 14.2 Å².